The molecule has 2 saturated heterocycles. The molecular formula is C15H21BrN2O. The number of aliphatic hydroxyl groups excluding tert-OH is 1. The van der Waals surface area contributed by atoms with E-state index in [2.05, 4.69) is 44.9 Å². The molecule has 2 aliphatic rings. The normalized spacial score (nSPS) is 27.6. The van der Waals surface area contributed by atoms with Gasteiger partial charge in [0.25, 0.3) is 0 Å². The average Bonchev–Trinajstić information content (AvgIpc) is 2.64. The number of benzene rings is 1. The maximum atomic E-state index is 9.57. The Hall–Kier alpha value is -0.580. The van der Waals surface area contributed by atoms with Gasteiger partial charge in [-0.1, -0.05) is 15.9 Å². The summed E-state index contributed by atoms with van der Waals surface area (Å²) in [6.07, 6.45) is 3.89. The number of hydrogen-bond donors (Lipinski definition) is 1. The molecule has 0 aliphatic carbocycles. The van der Waals surface area contributed by atoms with Gasteiger partial charge in [0.2, 0.25) is 0 Å². The quantitative estimate of drug-likeness (QED) is 0.905. The van der Waals surface area contributed by atoms with E-state index in [1.807, 2.05) is 6.07 Å². The molecule has 0 saturated carbocycles. The van der Waals surface area contributed by atoms with E-state index in [1.54, 1.807) is 0 Å². The van der Waals surface area contributed by atoms with Crippen molar-refractivity contribution >= 4 is 21.6 Å². The number of hydrogen-bond acceptors (Lipinski definition) is 3. The van der Waals surface area contributed by atoms with Crippen molar-refractivity contribution < 1.29 is 5.11 Å². The molecule has 4 heteroatoms. The Labute approximate surface area is 123 Å². The van der Waals surface area contributed by atoms with Crippen molar-refractivity contribution in [2.75, 3.05) is 25.0 Å². The smallest absolute Gasteiger partial charge is 0.0702 e. The topological polar surface area (TPSA) is 26.7 Å². The molecule has 2 fully saturated rings. The minimum absolute atomic E-state index is 0.106. The SMILES string of the molecule is CN1C2CCC1CN(c1ccc(Br)cc1CO)CC2. The van der Waals surface area contributed by atoms with E-state index in [4.69, 9.17) is 0 Å². The molecule has 0 aromatic heterocycles. The van der Waals surface area contributed by atoms with Gasteiger partial charge in [-0.15, -0.1) is 0 Å². The molecule has 0 spiro atoms. The van der Waals surface area contributed by atoms with Crippen molar-refractivity contribution in [1.82, 2.24) is 4.90 Å². The van der Waals surface area contributed by atoms with Gasteiger partial charge in [-0.2, -0.15) is 0 Å². The Morgan fingerprint density at radius 2 is 2.05 bits per heavy atom. The molecule has 3 nitrogen and oxygen atoms in total. The fourth-order valence-electron chi connectivity index (χ4n) is 3.52. The molecule has 1 aromatic carbocycles. The number of rotatable bonds is 2. The highest BCUT2D eigenvalue weighted by Crippen LogP contribution is 2.32. The molecule has 2 unspecified atom stereocenters. The lowest BCUT2D eigenvalue weighted by Gasteiger charge is -2.29. The van der Waals surface area contributed by atoms with Gasteiger partial charge in [-0.25, -0.2) is 0 Å². The zero-order valence-electron chi connectivity index (χ0n) is 11.3. The summed E-state index contributed by atoms with van der Waals surface area (Å²) in [5.41, 5.74) is 2.22. The molecule has 2 heterocycles. The lowest BCUT2D eigenvalue weighted by atomic mass is 10.1. The molecule has 104 valence electrons. The lowest BCUT2D eigenvalue weighted by Crippen LogP contribution is -2.37. The fourth-order valence-corrected chi connectivity index (χ4v) is 3.93. The predicted octanol–water partition coefficient (Wildman–Crippen LogP) is 2.61. The van der Waals surface area contributed by atoms with Crippen LogP contribution in [0.2, 0.25) is 0 Å². The first kappa shape index (κ1) is 13.4. The Balaban J connectivity index is 1.86. The van der Waals surface area contributed by atoms with E-state index in [0.717, 1.165) is 29.2 Å². The first-order valence-corrected chi connectivity index (χ1v) is 7.84. The first-order chi connectivity index (χ1) is 9.19. The standard InChI is InChI=1S/C15H21BrN2O/c1-17-13-3-4-14(17)9-18(7-6-13)15-5-2-12(16)8-11(15)10-19/h2,5,8,13-14,19H,3-4,6-7,9-10H2,1H3. The second kappa shape index (κ2) is 5.43. The zero-order valence-corrected chi connectivity index (χ0v) is 12.9. The summed E-state index contributed by atoms with van der Waals surface area (Å²) in [5, 5.41) is 9.57. The van der Waals surface area contributed by atoms with Crippen LogP contribution in [-0.4, -0.2) is 42.2 Å². The second-order valence-electron chi connectivity index (χ2n) is 5.72. The minimum atomic E-state index is 0.106. The Morgan fingerprint density at radius 3 is 2.84 bits per heavy atom. The first-order valence-electron chi connectivity index (χ1n) is 7.05. The van der Waals surface area contributed by atoms with E-state index in [9.17, 15) is 5.11 Å². The van der Waals surface area contributed by atoms with Crippen molar-refractivity contribution in [2.45, 2.75) is 38.0 Å². The molecule has 3 rings (SSSR count). The third-order valence-corrected chi connectivity index (χ3v) is 5.19. The molecular weight excluding hydrogens is 304 g/mol. The van der Waals surface area contributed by atoms with Crippen LogP contribution >= 0.6 is 15.9 Å². The van der Waals surface area contributed by atoms with Crippen LogP contribution in [0.3, 0.4) is 0 Å². The Kier molecular flexibility index (Phi) is 3.83. The van der Waals surface area contributed by atoms with Crippen LogP contribution in [0.25, 0.3) is 0 Å². The number of nitrogens with zero attached hydrogens (tertiary/aromatic N) is 2. The van der Waals surface area contributed by atoms with Gasteiger partial charge in [0.15, 0.2) is 0 Å². The molecule has 1 N–H and O–H groups in total. The monoisotopic (exact) mass is 324 g/mol. The van der Waals surface area contributed by atoms with Crippen LogP contribution in [-0.2, 0) is 6.61 Å². The maximum Gasteiger partial charge on any atom is 0.0702 e. The van der Waals surface area contributed by atoms with Gasteiger partial charge in [0.1, 0.15) is 0 Å². The summed E-state index contributed by atoms with van der Waals surface area (Å²) in [6, 6.07) is 7.66. The number of anilines is 1. The van der Waals surface area contributed by atoms with Crippen LogP contribution < -0.4 is 4.90 Å². The van der Waals surface area contributed by atoms with Gasteiger partial charge < -0.3 is 10.0 Å². The molecule has 2 aliphatic heterocycles. The van der Waals surface area contributed by atoms with E-state index >= 15 is 0 Å². The maximum absolute atomic E-state index is 9.57. The number of fused-ring (bicyclic) bond motifs is 2. The fraction of sp³-hybridized carbons (Fsp3) is 0.600. The van der Waals surface area contributed by atoms with Crippen LogP contribution in [0.4, 0.5) is 5.69 Å². The van der Waals surface area contributed by atoms with Crippen LogP contribution in [0.15, 0.2) is 22.7 Å². The predicted molar refractivity (Wildman–Crippen MR) is 81.5 cm³/mol. The summed E-state index contributed by atoms with van der Waals surface area (Å²) >= 11 is 3.48. The van der Waals surface area contributed by atoms with Crippen LogP contribution in [0, 0.1) is 0 Å². The molecule has 2 atom stereocenters. The summed E-state index contributed by atoms with van der Waals surface area (Å²) in [6.45, 7) is 2.29. The van der Waals surface area contributed by atoms with E-state index in [0.29, 0.717) is 6.04 Å². The van der Waals surface area contributed by atoms with Gasteiger partial charge in [0.05, 0.1) is 6.61 Å². The van der Waals surface area contributed by atoms with Crippen LogP contribution in [0.1, 0.15) is 24.8 Å². The van der Waals surface area contributed by atoms with Gasteiger partial charge in [-0.05, 0) is 44.5 Å². The van der Waals surface area contributed by atoms with Crippen molar-refractivity contribution in [3.63, 3.8) is 0 Å². The molecule has 0 radical (unpaired) electrons. The summed E-state index contributed by atoms with van der Waals surface area (Å²) in [7, 11) is 2.26. The second-order valence-corrected chi connectivity index (χ2v) is 6.63. The number of likely N-dealkylation sites (N-methyl/N-ethyl adjacent to an activating group) is 1. The third kappa shape index (κ3) is 2.54. The zero-order chi connectivity index (χ0) is 13.4. The number of halogens is 1. The highest BCUT2D eigenvalue weighted by atomic mass is 79.9. The number of aliphatic hydroxyl groups is 1. The molecule has 0 amide bonds. The average molecular weight is 325 g/mol. The molecule has 19 heavy (non-hydrogen) atoms. The third-order valence-electron chi connectivity index (χ3n) is 4.70. The lowest BCUT2D eigenvalue weighted by molar-refractivity contribution is 0.254. The molecule has 1 aromatic rings. The highest BCUT2D eigenvalue weighted by molar-refractivity contribution is 9.10. The summed E-state index contributed by atoms with van der Waals surface area (Å²) < 4.78 is 1.04. The van der Waals surface area contributed by atoms with Crippen molar-refractivity contribution in [3.8, 4) is 0 Å². The van der Waals surface area contributed by atoms with E-state index in [1.165, 1.54) is 24.9 Å². The van der Waals surface area contributed by atoms with Crippen molar-refractivity contribution in [1.29, 1.82) is 0 Å². The van der Waals surface area contributed by atoms with Crippen molar-refractivity contribution in [3.05, 3.63) is 28.2 Å². The Bertz CT molecular complexity index is 465. The van der Waals surface area contributed by atoms with E-state index < -0.39 is 0 Å². The van der Waals surface area contributed by atoms with Gasteiger partial charge >= 0.3 is 0 Å². The largest absolute Gasteiger partial charge is 0.392 e. The van der Waals surface area contributed by atoms with E-state index in [-0.39, 0.29) is 6.61 Å². The molecule has 2 bridgehead atoms. The summed E-state index contributed by atoms with van der Waals surface area (Å²) in [4.78, 5) is 5.01. The highest BCUT2D eigenvalue weighted by Gasteiger charge is 2.34. The van der Waals surface area contributed by atoms with Crippen LogP contribution in [0.5, 0.6) is 0 Å². The summed E-state index contributed by atoms with van der Waals surface area (Å²) in [5.74, 6) is 0. The minimum Gasteiger partial charge on any atom is -0.392 e. The Morgan fingerprint density at radius 1 is 1.26 bits per heavy atom. The van der Waals surface area contributed by atoms with Gasteiger partial charge in [0, 0.05) is 40.9 Å². The van der Waals surface area contributed by atoms with Crippen molar-refractivity contribution in [2.24, 2.45) is 0 Å². The van der Waals surface area contributed by atoms with Gasteiger partial charge in [-0.3, -0.25) is 4.90 Å².